The molecule has 7 rings (SSSR count). The standard InChI is InChI=1S/C34H28Cl2N2O5/c1-2-37-30(40)23-13-12-22-24(28(23)32(37)42)17-26-31(41)38(21-10-6-9-19(35)15-21)33(43)34(26,18-7-4-3-5-8-18)29(22)25-16-20(36)11-14-27(25)39/h3-12,14-16,23-24,26,28-29,39H,2,13,17H2,1H3. The molecular weight excluding hydrogens is 587 g/mol. The second-order valence-electron chi connectivity index (χ2n) is 11.7. The number of allylic oxidation sites excluding steroid dienone is 2. The summed E-state index contributed by atoms with van der Waals surface area (Å²) in [5.74, 6) is -4.79. The van der Waals surface area contributed by atoms with E-state index in [-0.39, 0.29) is 30.5 Å². The van der Waals surface area contributed by atoms with Crippen molar-refractivity contribution in [3.8, 4) is 5.75 Å². The normalized spacial score (nSPS) is 29.8. The SMILES string of the molecule is CCN1C(=O)C2CC=C3C(CC4C(=O)N(c5cccc(Cl)c5)C(=O)C4(c4ccccc4)C3c3cc(Cl)ccc3O)C2C1=O. The molecule has 3 aromatic rings. The fraction of sp³-hybridized carbons (Fsp3) is 0.294. The van der Waals surface area contributed by atoms with E-state index in [4.69, 9.17) is 23.2 Å². The molecule has 0 aromatic heterocycles. The quantitative estimate of drug-likeness (QED) is 0.292. The van der Waals surface area contributed by atoms with Crippen LogP contribution in [-0.4, -0.2) is 40.2 Å². The Morgan fingerprint density at radius 3 is 2.33 bits per heavy atom. The van der Waals surface area contributed by atoms with Gasteiger partial charge in [-0.3, -0.25) is 24.1 Å². The summed E-state index contributed by atoms with van der Waals surface area (Å²) < 4.78 is 0. The highest BCUT2D eigenvalue weighted by molar-refractivity contribution is 6.32. The summed E-state index contributed by atoms with van der Waals surface area (Å²) >= 11 is 12.8. The monoisotopic (exact) mass is 614 g/mol. The van der Waals surface area contributed by atoms with Gasteiger partial charge in [0.15, 0.2) is 0 Å². The molecule has 2 heterocycles. The number of halogens is 2. The lowest BCUT2D eigenvalue weighted by Gasteiger charge is -2.50. The second-order valence-corrected chi connectivity index (χ2v) is 12.6. The van der Waals surface area contributed by atoms with Crippen LogP contribution in [0.4, 0.5) is 5.69 Å². The van der Waals surface area contributed by atoms with Crippen molar-refractivity contribution >= 4 is 52.5 Å². The van der Waals surface area contributed by atoms with Gasteiger partial charge in [0.25, 0.3) is 0 Å². The predicted molar refractivity (Wildman–Crippen MR) is 162 cm³/mol. The number of benzene rings is 3. The van der Waals surface area contributed by atoms with Crippen LogP contribution in [-0.2, 0) is 24.6 Å². The fourth-order valence-electron chi connectivity index (χ4n) is 8.22. The van der Waals surface area contributed by atoms with Gasteiger partial charge in [0.05, 0.1) is 28.9 Å². The maximum absolute atomic E-state index is 15.1. The molecule has 7 nitrogen and oxygen atoms in total. The highest BCUT2D eigenvalue weighted by atomic mass is 35.5. The first-order valence-electron chi connectivity index (χ1n) is 14.4. The number of likely N-dealkylation sites (tertiary alicyclic amines) is 1. The summed E-state index contributed by atoms with van der Waals surface area (Å²) in [6.45, 7) is 2.04. The van der Waals surface area contributed by atoms with E-state index in [0.29, 0.717) is 33.3 Å². The number of hydrogen-bond donors (Lipinski definition) is 1. The lowest BCUT2D eigenvalue weighted by Crippen LogP contribution is -2.53. The Bertz CT molecular complexity index is 1740. The lowest BCUT2D eigenvalue weighted by atomic mass is 9.49. The maximum atomic E-state index is 15.1. The number of carbonyl (C=O) groups excluding carboxylic acids is 4. The van der Waals surface area contributed by atoms with Gasteiger partial charge < -0.3 is 5.11 Å². The summed E-state index contributed by atoms with van der Waals surface area (Å²) in [5.41, 5.74) is 0.674. The van der Waals surface area contributed by atoms with E-state index in [1.807, 2.05) is 36.4 Å². The summed E-state index contributed by atoms with van der Waals surface area (Å²) in [6, 6.07) is 20.5. The molecule has 4 amide bonds. The van der Waals surface area contributed by atoms with Gasteiger partial charge in [0.2, 0.25) is 23.6 Å². The molecule has 6 atom stereocenters. The molecule has 43 heavy (non-hydrogen) atoms. The number of fused-ring (bicyclic) bond motifs is 4. The Hall–Kier alpha value is -3.94. The van der Waals surface area contributed by atoms with Crippen molar-refractivity contribution in [3.05, 3.63) is 106 Å². The smallest absolute Gasteiger partial charge is 0.246 e. The van der Waals surface area contributed by atoms with Crippen LogP contribution in [0.5, 0.6) is 5.75 Å². The molecular formula is C34H28Cl2N2O5. The number of nitrogens with zero attached hydrogens (tertiary/aromatic N) is 2. The summed E-state index contributed by atoms with van der Waals surface area (Å²) in [4.78, 5) is 59.2. The van der Waals surface area contributed by atoms with Crippen molar-refractivity contribution in [3.63, 3.8) is 0 Å². The molecule has 218 valence electrons. The average Bonchev–Trinajstić information content (AvgIpc) is 3.39. The van der Waals surface area contributed by atoms with Gasteiger partial charge >= 0.3 is 0 Å². The third kappa shape index (κ3) is 3.80. The number of phenols is 1. The highest BCUT2D eigenvalue weighted by Gasteiger charge is 2.70. The summed E-state index contributed by atoms with van der Waals surface area (Å²) in [5, 5.41) is 12.1. The van der Waals surface area contributed by atoms with Gasteiger partial charge in [0, 0.05) is 28.1 Å². The minimum absolute atomic E-state index is 0.0717. The minimum Gasteiger partial charge on any atom is -0.508 e. The van der Waals surface area contributed by atoms with Crippen molar-refractivity contribution in [1.82, 2.24) is 4.90 Å². The topological polar surface area (TPSA) is 95.0 Å². The van der Waals surface area contributed by atoms with Crippen LogP contribution in [0.3, 0.4) is 0 Å². The first-order valence-corrected chi connectivity index (χ1v) is 15.2. The molecule has 0 spiro atoms. The Labute approximate surface area is 258 Å². The van der Waals surface area contributed by atoms with E-state index in [0.717, 1.165) is 5.57 Å². The van der Waals surface area contributed by atoms with E-state index in [9.17, 15) is 19.5 Å². The van der Waals surface area contributed by atoms with Crippen LogP contribution in [0.25, 0.3) is 0 Å². The highest BCUT2D eigenvalue weighted by Crippen LogP contribution is 2.65. The zero-order valence-electron chi connectivity index (χ0n) is 23.2. The van der Waals surface area contributed by atoms with E-state index in [1.54, 1.807) is 43.3 Å². The van der Waals surface area contributed by atoms with Crippen LogP contribution in [0.2, 0.25) is 10.0 Å². The molecule has 3 aromatic carbocycles. The first kappa shape index (κ1) is 27.9. The number of amides is 4. The molecule has 0 radical (unpaired) electrons. The molecule has 2 aliphatic heterocycles. The van der Waals surface area contributed by atoms with Gasteiger partial charge in [-0.15, -0.1) is 0 Å². The Morgan fingerprint density at radius 2 is 1.60 bits per heavy atom. The number of rotatable bonds is 4. The Kier molecular flexibility index (Phi) is 6.52. The predicted octanol–water partition coefficient (Wildman–Crippen LogP) is 5.88. The molecule has 4 aliphatic rings. The Morgan fingerprint density at radius 1 is 0.860 bits per heavy atom. The van der Waals surface area contributed by atoms with Gasteiger partial charge in [-0.25, -0.2) is 4.90 Å². The minimum atomic E-state index is -1.46. The molecule has 2 saturated heterocycles. The number of imide groups is 2. The van der Waals surface area contributed by atoms with Crippen LogP contribution in [0.15, 0.2) is 84.4 Å². The number of anilines is 1. The Balaban J connectivity index is 1.53. The van der Waals surface area contributed by atoms with E-state index in [1.165, 1.54) is 15.9 Å². The van der Waals surface area contributed by atoms with Gasteiger partial charge in [-0.2, -0.15) is 0 Å². The average molecular weight is 616 g/mol. The van der Waals surface area contributed by atoms with Crippen LogP contribution in [0.1, 0.15) is 36.8 Å². The maximum Gasteiger partial charge on any atom is 0.246 e. The molecule has 1 saturated carbocycles. The van der Waals surface area contributed by atoms with Crippen LogP contribution >= 0.6 is 23.2 Å². The van der Waals surface area contributed by atoms with Crippen molar-refractivity contribution in [2.24, 2.45) is 23.7 Å². The molecule has 0 bridgehead atoms. The zero-order valence-corrected chi connectivity index (χ0v) is 24.8. The van der Waals surface area contributed by atoms with E-state index < -0.39 is 46.8 Å². The van der Waals surface area contributed by atoms with Gasteiger partial charge in [0.1, 0.15) is 5.75 Å². The van der Waals surface area contributed by atoms with Crippen LogP contribution in [0, 0.1) is 23.7 Å². The molecule has 2 aliphatic carbocycles. The van der Waals surface area contributed by atoms with Crippen molar-refractivity contribution in [2.75, 3.05) is 11.4 Å². The number of hydrogen-bond acceptors (Lipinski definition) is 5. The number of carbonyl (C=O) groups is 4. The van der Waals surface area contributed by atoms with E-state index in [2.05, 4.69) is 0 Å². The van der Waals surface area contributed by atoms with Gasteiger partial charge in [-0.1, -0.05) is 71.2 Å². The fourth-order valence-corrected chi connectivity index (χ4v) is 8.59. The number of aromatic hydroxyl groups is 1. The van der Waals surface area contributed by atoms with Gasteiger partial charge in [-0.05, 0) is 67.6 Å². The summed E-state index contributed by atoms with van der Waals surface area (Å²) in [7, 11) is 0. The zero-order chi connectivity index (χ0) is 30.2. The second kappa shape index (κ2) is 10.1. The van der Waals surface area contributed by atoms with E-state index >= 15 is 4.79 Å². The van der Waals surface area contributed by atoms with Crippen molar-refractivity contribution < 1.29 is 24.3 Å². The molecule has 1 N–H and O–H groups in total. The van der Waals surface area contributed by atoms with Crippen molar-refractivity contribution in [2.45, 2.75) is 31.1 Å². The molecule has 6 unspecified atom stereocenters. The van der Waals surface area contributed by atoms with Crippen LogP contribution < -0.4 is 4.90 Å². The summed E-state index contributed by atoms with van der Waals surface area (Å²) in [6.07, 6.45) is 2.48. The third-order valence-corrected chi connectivity index (χ3v) is 10.3. The number of phenolic OH excluding ortho intramolecular Hbond substituents is 1. The molecule has 3 fully saturated rings. The van der Waals surface area contributed by atoms with Crippen molar-refractivity contribution in [1.29, 1.82) is 0 Å². The first-order chi connectivity index (χ1) is 20.7. The third-order valence-electron chi connectivity index (χ3n) is 9.88. The largest absolute Gasteiger partial charge is 0.508 e. The molecule has 9 heteroatoms. The lowest BCUT2D eigenvalue weighted by molar-refractivity contribution is -0.140.